The number of methoxy groups -OCH3 is 1. The highest BCUT2D eigenvalue weighted by Gasteiger charge is 2.28. The first kappa shape index (κ1) is 34.3. The Kier molecular flexibility index (Phi) is 9.18. The highest BCUT2D eigenvalue weighted by Crippen LogP contribution is 2.38. The first-order valence-electron chi connectivity index (χ1n) is 18.8. The smallest absolute Gasteiger partial charge is 0.343 e. The summed E-state index contributed by atoms with van der Waals surface area (Å²) < 4.78 is 19.0. The van der Waals surface area contributed by atoms with Crippen molar-refractivity contribution in [3.05, 3.63) is 174 Å². The van der Waals surface area contributed by atoms with Crippen LogP contribution < -0.4 is 10.1 Å². The van der Waals surface area contributed by atoms with Crippen LogP contribution in [-0.2, 0) is 17.6 Å². The second kappa shape index (κ2) is 14.7. The van der Waals surface area contributed by atoms with Gasteiger partial charge < -0.3 is 13.9 Å². The zero-order valence-corrected chi connectivity index (χ0v) is 30.8. The standard InChI is InChI=1S/C49H40N2O4/c1-31(48-51-45(34-17-5-3-6-18-34)46(55-48)35-19-7-4-8-20-35)50-43(54-49(52)42-28-26-33-16-10-14-24-40(33)47(42)53-2)30-37-29-36-21-11-12-22-38(36)41-27-25-32-15-9-13-23-39(32)44(37)41/h3-12,14-22,24-29,31,43,50H,13,23,30H2,1-2H3. The number of carbonyl (C=O) groups is 1. The van der Waals surface area contributed by atoms with Crippen molar-refractivity contribution >= 4 is 44.4 Å². The van der Waals surface area contributed by atoms with E-state index in [1.165, 1.54) is 27.3 Å². The average Bonchev–Trinajstić information content (AvgIpc) is 3.70. The fourth-order valence-electron chi connectivity index (χ4n) is 8.01. The van der Waals surface area contributed by atoms with E-state index in [-0.39, 0.29) is 0 Å². The van der Waals surface area contributed by atoms with Gasteiger partial charge in [-0.2, -0.15) is 0 Å². The molecular weight excluding hydrogens is 681 g/mol. The summed E-state index contributed by atoms with van der Waals surface area (Å²) in [4.78, 5) is 19.4. The van der Waals surface area contributed by atoms with Gasteiger partial charge in [0, 0.05) is 22.9 Å². The van der Waals surface area contributed by atoms with Gasteiger partial charge in [-0.05, 0) is 69.5 Å². The van der Waals surface area contributed by atoms with Gasteiger partial charge in [0.05, 0.1) is 13.2 Å². The molecule has 2 atom stereocenters. The molecule has 55 heavy (non-hydrogen) atoms. The van der Waals surface area contributed by atoms with E-state index in [1.807, 2.05) is 97.9 Å². The van der Waals surface area contributed by atoms with Crippen LogP contribution in [0.15, 0.2) is 150 Å². The summed E-state index contributed by atoms with van der Waals surface area (Å²) in [6, 6.07) is 46.5. The predicted octanol–water partition coefficient (Wildman–Crippen LogP) is 11.5. The van der Waals surface area contributed by atoms with Crippen molar-refractivity contribution in [3.63, 3.8) is 0 Å². The van der Waals surface area contributed by atoms with E-state index in [2.05, 4.69) is 59.9 Å². The van der Waals surface area contributed by atoms with Crippen LogP contribution >= 0.6 is 0 Å². The van der Waals surface area contributed by atoms with Gasteiger partial charge in [0.1, 0.15) is 17.0 Å². The number of fused-ring (bicyclic) bond motifs is 6. The Hall–Kier alpha value is -6.50. The second-order valence-electron chi connectivity index (χ2n) is 14.1. The number of allylic oxidation sites excluding steroid dienone is 1. The van der Waals surface area contributed by atoms with Crippen molar-refractivity contribution in [1.82, 2.24) is 10.3 Å². The van der Waals surface area contributed by atoms with Gasteiger partial charge in [-0.15, -0.1) is 0 Å². The third-order valence-corrected chi connectivity index (χ3v) is 10.6. The monoisotopic (exact) mass is 720 g/mol. The molecule has 7 aromatic carbocycles. The van der Waals surface area contributed by atoms with Gasteiger partial charge in [-0.25, -0.2) is 9.78 Å². The summed E-state index contributed by atoms with van der Waals surface area (Å²) in [6.45, 7) is 2.00. The van der Waals surface area contributed by atoms with Crippen LogP contribution in [0.5, 0.6) is 5.75 Å². The van der Waals surface area contributed by atoms with E-state index < -0.39 is 18.2 Å². The van der Waals surface area contributed by atoms with E-state index in [4.69, 9.17) is 18.9 Å². The molecule has 0 spiro atoms. The number of nitrogens with one attached hydrogen (secondary N) is 1. The molecule has 0 bridgehead atoms. The Morgan fingerprint density at radius 2 is 1.49 bits per heavy atom. The van der Waals surface area contributed by atoms with Gasteiger partial charge in [0.15, 0.2) is 12.0 Å². The number of nitrogens with zero attached hydrogens (tertiary/aromatic N) is 1. The molecule has 8 aromatic rings. The number of aromatic nitrogens is 1. The molecule has 6 heteroatoms. The lowest BCUT2D eigenvalue weighted by molar-refractivity contribution is 0.0176. The lowest BCUT2D eigenvalue weighted by Crippen LogP contribution is -2.38. The van der Waals surface area contributed by atoms with Gasteiger partial charge in [0.25, 0.3) is 0 Å². The number of carbonyl (C=O) groups excluding carboxylic acids is 1. The number of hydrogen-bond donors (Lipinski definition) is 1. The van der Waals surface area contributed by atoms with Crippen molar-refractivity contribution < 1.29 is 18.7 Å². The van der Waals surface area contributed by atoms with Crippen LogP contribution in [0, 0.1) is 0 Å². The molecule has 270 valence electrons. The zero-order valence-electron chi connectivity index (χ0n) is 30.8. The van der Waals surface area contributed by atoms with E-state index >= 15 is 0 Å². The minimum absolute atomic E-state index is 0.361. The molecule has 1 heterocycles. The fourth-order valence-corrected chi connectivity index (χ4v) is 8.01. The van der Waals surface area contributed by atoms with Crippen LogP contribution in [0.4, 0.5) is 0 Å². The number of ether oxygens (including phenoxy) is 2. The molecule has 1 aliphatic carbocycles. The first-order chi connectivity index (χ1) is 27.1. The van der Waals surface area contributed by atoms with E-state index in [1.54, 1.807) is 13.2 Å². The van der Waals surface area contributed by atoms with E-state index in [0.29, 0.717) is 29.4 Å². The SMILES string of the molecule is COc1c(C(=O)OC(Cc2cc3ccccc3c3ccc4c(c23)CCC=C4)NC(C)c2nc(-c3ccccc3)c(-c3ccccc3)o2)ccc2ccccc12. The number of hydrogen-bond acceptors (Lipinski definition) is 6. The summed E-state index contributed by atoms with van der Waals surface area (Å²) >= 11 is 0. The summed E-state index contributed by atoms with van der Waals surface area (Å²) in [5, 5.41) is 10.2. The van der Waals surface area contributed by atoms with Crippen LogP contribution in [0.2, 0.25) is 0 Å². The third kappa shape index (κ3) is 6.55. The second-order valence-corrected chi connectivity index (χ2v) is 14.1. The predicted molar refractivity (Wildman–Crippen MR) is 221 cm³/mol. The Labute approximate surface area is 320 Å². The van der Waals surface area contributed by atoms with Gasteiger partial charge in [-0.3, -0.25) is 5.32 Å². The normalized spacial score (nSPS) is 13.5. The van der Waals surface area contributed by atoms with Crippen molar-refractivity contribution in [2.45, 2.75) is 38.5 Å². The largest absolute Gasteiger partial charge is 0.495 e. The molecule has 1 aromatic heterocycles. The lowest BCUT2D eigenvalue weighted by atomic mass is 9.86. The molecule has 9 rings (SSSR count). The molecule has 6 nitrogen and oxygen atoms in total. The van der Waals surface area contributed by atoms with Crippen LogP contribution in [0.1, 0.15) is 52.3 Å². The van der Waals surface area contributed by atoms with Crippen LogP contribution in [-0.4, -0.2) is 24.3 Å². The Morgan fingerprint density at radius 3 is 2.27 bits per heavy atom. The topological polar surface area (TPSA) is 73.6 Å². The van der Waals surface area contributed by atoms with Crippen molar-refractivity contribution in [2.75, 3.05) is 7.11 Å². The highest BCUT2D eigenvalue weighted by atomic mass is 16.6. The van der Waals surface area contributed by atoms with Crippen LogP contribution in [0.3, 0.4) is 0 Å². The molecule has 0 saturated heterocycles. The summed E-state index contributed by atoms with van der Waals surface area (Å²) in [7, 11) is 1.59. The molecule has 1 aliphatic rings. The minimum atomic E-state index is -0.759. The number of aryl methyl sites for hydroxylation is 1. The Morgan fingerprint density at radius 1 is 0.782 bits per heavy atom. The maximum absolute atomic E-state index is 14.3. The lowest BCUT2D eigenvalue weighted by Gasteiger charge is -2.25. The molecule has 2 unspecified atom stereocenters. The molecule has 0 amide bonds. The molecular formula is C49H40N2O4. The fraction of sp³-hybridized carbons (Fsp3) is 0.143. The average molecular weight is 721 g/mol. The van der Waals surface area contributed by atoms with E-state index in [9.17, 15) is 4.79 Å². The zero-order chi connectivity index (χ0) is 37.3. The molecule has 1 N–H and O–H groups in total. The van der Waals surface area contributed by atoms with Gasteiger partial charge in [0.2, 0.25) is 5.89 Å². The van der Waals surface area contributed by atoms with Crippen molar-refractivity contribution in [2.24, 2.45) is 0 Å². The molecule has 0 fully saturated rings. The minimum Gasteiger partial charge on any atom is -0.495 e. The maximum Gasteiger partial charge on any atom is 0.343 e. The van der Waals surface area contributed by atoms with Gasteiger partial charge in [-0.1, -0.05) is 146 Å². The Balaban J connectivity index is 1.14. The number of benzene rings is 7. The van der Waals surface area contributed by atoms with Crippen LogP contribution in [0.25, 0.3) is 61.0 Å². The molecule has 0 saturated carbocycles. The molecule has 0 radical (unpaired) electrons. The summed E-state index contributed by atoms with van der Waals surface area (Å²) in [6.07, 6.45) is 6.03. The number of oxazole rings is 1. The first-order valence-corrected chi connectivity index (χ1v) is 18.8. The summed E-state index contributed by atoms with van der Waals surface area (Å²) in [5.74, 6) is 1.18. The maximum atomic E-state index is 14.3. The Bertz CT molecular complexity index is 2660. The number of esters is 1. The van der Waals surface area contributed by atoms with E-state index in [0.717, 1.165) is 51.4 Å². The highest BCUT2D eigenvalue weighted by molar-refractivity contribution is 6.11. The number of rotatable bonds is 10. The summed E-state index contributed by atoms with van der Waals surface area (Å²) in [5.41, 5.74) is 6.66. The van der Waals surface area contributed by atoms with Crippen molar-refractivity contribution in [3.8, 4) is 28.3 Å². The van der Waals surface area contributed by atoms with Crippen molar-refractivity contribution in [1.29, 1.82) is 0 Å². The third-order valence-electron chi connectivity index (χ3n) is 10.6. The van der Waals surface area contributed by atoms with Gasteiger partial charge >= 0.3 is 5.97 Å². The molecule has 0 aliphatic heterocycles. The quantitative estimate of drug-likeness (QED) is 0.0861.